The second-order valence-electron chi connectivity index (χ2n) is 10.0. The first-order chi connectivity index (χ1) is 28.1. The molecule has 0 radical (unpaired) electrons. The van der Waals surface area contributed by atoms with E-state index in [9.17, 15) is 53.4 Å². The maximum Gasteiger partial charge on any atom is 0.337 e. The number of amides is 2. The lowest BCUT2D eigenvalue weighted by Crippen LogP contribution is -2.17. The first kappa shape index (κ1) is 65.5. The molecule has 0 aliphatic carbocycles. The number of hydrogen-bond acceptors (Lipinski definition) is 11. The van der Waals surface area contributed by atoms with Gasteiger partial charge in [0, 0.05) is 52.8 Å². The fourth-order valence-electron chi connectivity index (χ4n) is 3.68. The molecule has 3 aromatic carbocycles. The summed E-state index contributed by atoms with van der Waals surface area (Å²) in [4.78, 5) is 99.1. The lowest BCUT2D eigenvalue weighted by molar-refractivity contribution is -0.115. The van der Waals surface area contributed by atoms with Gasteiger partial charge < -0.3 is 36.8 Å². The molecule has 0 saturated carbocycles. The summed E-state index contributed by atoms with van der Waals surface area (Å²) in [6, 6.07) is 0. The van der Waals surface area contributed by atoms with E-state index in [2.05, 4.69) is 43.6 Å². The van der Waals surface area contributed by atoms with Crippen molar-refractivity contribution in [1.29, 1.82) is 0 Å². The molecule has 0 aliphatic heterocycles. The maximum atomic E-state index is 11.5. The van der Waals surface area contributed by atoms with E-state index in [4.69, 9.17) is 43.4 Å². The molecule has 3 aromatic rings. The number of rotatable bonds is 8. The van der Waals surface area contributed by atoms with Gasteiger partial charge in [0.05, 0.1) is 71.9 Å². The van der Waals surface area contributed by atoms with Crippen LogP contribution in [0, 0.1) is 32.1 Å². The van der Waals surface area contributed by atoms with Crippen molar-refractivity contribution in [2.75, 3.05) is 16.4 Å². The molecule has 340 valence electrons. The van der Waals surface area contributed by atoms with Crippen molar-refractivity contribution in [3.63, 3.8) is 0 Å². The average Bonchev–Trinajstić information content (AvgIpc) is 3.06. The monoisotopic (exact) mass is 1990 g/mol. The molecule has 0 saturated heterocycles. The summed E-state index contributed by atoms with van der Waals surface area (Å²) >= 11 is 31.9. The highest BCUT2D eigenvalue weighted by Crippen LogP contribution is 2.38. The van der Waals surface area contributed by atoms with Crippen LogP contribution in [0.2, 0.25) is 0 Å². The van der Waals surface area contributed by atoms with Gasteiger partial charge >= 0.3 is 23.9 Å². The highest BCUT2D eigenvalue weighted by Gasteiger charge is 2.29. The molecule has 32 heteroatoms. The summed E-state index contributed by atoms with van der Waals surface area (Å²) in [6.45, 7) is 3.89. The minimum Gasteiger partial charge on any atom is -0.478 e. The number of anilines is 3. The number of aromatic carboxylic acids is 4. The van der Waals surface area contributed by atoms with Crippen LogP contribution in [0.15, 0.2) is 0 Å². The van der Waals surface area contributed by atoms with Gasteiger partial charge in [0.1, 0.15) is 0 Å². The fraction of sp³-hybridized carbons (Fsp3) is 0.100. The van der Waals surface area contributed by atoms with Crippen LogP contribution in [0.5, 0.6) is 0 Å². The van der Waals surface area contributed by atoms with E-state index >= 15 is 0 Å². The van der Waals surface area contributed by atoms with Crippen molar-refractivity contribution < 1.29 is 67.8 Å². The Morgan fingerprint density at radius 1 is 0.452 bits per heavy atom. The van der Waals surface area contributed by atoms with Crippen molar-refractivity contribution >= 4 is 337 Å². The Morgan fingerprint density at radius 2 is 0.629 bits per heavy atom. The standard InChI is InChI=1S/C10H4Cl2I3NO3.C10H6I3NO5.C8H4I3NO4.C2H3ClO.Cl2OS/c1-2(17)16-8-6(14)3(9(11)18)5(13)4(7(8)15)10(12)19;1-2(15)14-8-6(12)3(9(16)17)5(11)4(7(8)13)10(18)19;9-3-1(7(13)14)4(10)6(12)5(11)2(3)8(15)16;1-2(3)4;1-4(2)3/h1H3,(H,16,17);1H3,(H,14,15)(H,16,17)(H,18,19);12H2,(H,13,14)(H,15,16);1H3;. The van der Waals surface area contributed by atoms with Crippen molar-refractivity contribution in [3.8, 4) is 0 Å². The summed E-state index contributed by atoms with van der Waals surface area (Å²) in [5.41, 5.74) is 6.41. The second-order valence-corrected chi connectivity index (χ2v) is 23.5. The van der Waals surface area contributed by atoms with E-state index in [0.717, 1.165) is 0 Å². The van der Waals surface area contributed by atoms with Gasteiger partial charge in [0.2, 0.25) is 26.3 Å². The van der Waals surface area contributed by atoms with Crippen LogP contribution in [0.4, 0.5) is 17.1 Å². The third-order valence-corrected chi connectivity index (χ3v) is 16.0. The number of nitrogen functional groups attached to an aromatic ring is 1. The number of carbonyl (C=O) groups excluding carboxylic acids is 5. The maximum absolute atomic E-state index is 11.5. The Bertz CT molecular complexity index is 2170. The van der Waals surface area contributed by atoms with Gasteiger partial charge in [-0.15, -0.1) is 0 Å². The van der Waals surface area contributed by atoms with E-state index < -0.39 is 49.5 Å². The Morgan fingerprint density at radius 3 is 0.806 bits per heavy atom. The molecule has 2 amide bonds. The van der Waals surface area contributed by atoms with Crippen molar-refractivity contribution in [1.82, 2.24) is 0 Å². The third-order valence-electron chi connectivity index (χ3n) is 5.84. The molecule has 0 aliphatic rings. The molecule has 0 spiro atoms. The second kappa shape index (κ2) is 30.8. The number of nitrogens with two attached hydrogens (primary N) is 1. The number of nitrogens with one attached hydrogen (secondary N) is 2. The van der Waals surface area contributed by atoms with Crippen molar-refractivity contribution in [2.45, 2.75) is 20.8 Å². The summed E-state index contributed by atoms with van der Waals surface area (Å²) in [6.07, 6.45) is 0. The quantitative estimate of drug-likeness (QED) is 0.0627. The molecule has 3 rings (SSSR count). The Balaban J connectivity index is 0. The van der Waals surface area contributed by atoms with Gasteiger partial charge in [0.15, 0.2) is 0 Å². The topological polar surface area (TPSA) is 302 Å². The van der Waals surface area contributed by atoms with E-state index in [1.165, 1.54) is 20.8 Å². The molecule has 62 heavy (non-hydrogen) atoms. The van der Waals surface area contributed by atoms with E-state index in [1.807, 2.05) is 67.8 Å². The molecule has 0 aromatic heterocycles. The SMILES string of the molecule is CC(=O)Cl.CC(=O)Nc1c(I)c(C(=O)Cl)c(I)c(C(=O)Cl)c1I.CC(=O)Nc1c(I)c(C(=O)O)c(I)c(C(=O)O)c1I.Nc1c(I)c(C(=O)O)c(I)c(C(=O)O)c1I.O=S(Cl)Cl. The lowest BCUT2D eigenvalue weighted by Gasteiger charge is -2.15. The summed E-state index contributed by atoms with van der Waals surface area (Å²) in [5, 5.41) is 39.7. The van der Waals surface area contributed by atoms with Gasteiger partial charge in [0.25, 0.3) is 10.5 Å². The first-order valence-electron chi connectivity index (χ1n) is 14.3. The number of carboxylic acid groups (broad SMARTS) is 4. The van der Waals surface area contributed by atoms with Crippen LogP contribution in [-0.4, -0.2) is 76.1 Å². The molecular formula is C30H17Cl5I9N3O14S. The zero-order chi connectivity index (χ0) is 49.6. The van der Waals surface area contributed by atoms with Gasteiger partial charge in [-0.25, -0.2) is 23.4 Å². The van der Waals surface area contributed by atoms with Crippen LogP contribution < -0.4 is 16.4 Å². The molecule has 8 N–H and O–H groups in total. The smallest absolute Gasteiger partial charge is 0.337 e. The van der Waals surface area contributed by atoms with E-state index in [1.54, 1.807) is 136 Å². The van der Waals surface area contributed by atoms with Crippen molar-refractivity contribution in [2.24, 2.45) is 0 Å². The highest BCUT2D eigenvalue weighted by molar-refractivity contribution is 14.1. The zero-order valence-electron chi connectivity index (χ0n) is 29.6. The molecule has 17 nitrogen and oxygen atoms in total. The minimum absolute atomic E-state index is 0.0588. The molecule has 0 atom stereocenters. The summed E-state index contributed by atoms with van der Waals surface area (Å²) in [5.74, 6) is -5.56. The van der Waals surface area contributed by atoms with Crippen LogP contribution in [0.1, 0.15) is 82.9 Å². The Hall–Kier alpha value is 1.46. The van der Waals surface area contributed by atoms with Gasteiger partial charge in [-0.1, -0.05) is 0 Å². The minimum atomic E-state index is -1.67. The van der Waals surface area contributed by atoms with E-state index in [-0.39, 0.29) is 63.0 Å². The molecule has 0 bridgehead atoms. The summed E-state index contributed by atoms with van der Waals surface area (Å²) in [7, 11) is 7.36. The number of carboxylic acids is 4. The highest BCUT2D eigenvalue weighted by atomic mass is 127. The molecule has 0 fully saturated rings. The van der Waals surface area contributed by atoms with Gasteiger partial charge in [-0.2, -0.15) is 0 Å². The number of hydrogen-bond donors (Lipinski definition) is 7. The Labute approximate surface area is 498 Å². The third kappa shape index (κ3) is 20.2. The van der Waals surface area contributed by atoms with Gasteiger partial charge in [-0.3, -0.25) is 24.0 Å². The van der Waals surface area contributed by atoms with Gasteiger partial charge in [-0.05, 0) is 238 Å². The predicted molar refractivity (Wildman–Crippen MR) is 311 cm³/mol. The van der Waals surface area contributed by atoms with Crippen LogP contribution >= 0.6 is 259 Å². The zero-order valence-corrected chi connectivity index (χ0v) is 53.7. The lowest BCUT2D eigenvalue weighted by atomic mass is 10.1. The van der Waals surface area contributed by atoms with Crippen molar-refractivity contribution in [3.05, 3.63) is 65.5 Å². The van der Waals surface area contributed by atoms with Crippen LogP contribution in [0.25, 0.3) is 0 Å². The first-order valence-corrected chi connectivity index (χ1v) is 27.9. The van der Waals surface area contributed by atoms with E-state index in [0.29, 0.717) is 30.7 Å². The van der Waals surface area contributed by atoms with Crippen LogP contribution in [0.3, 0.4) is 0 Å². The molecular weight excluding hydrogens is 1980 g/mol. The number of carbonyl (C=O) groups is 9. The Kier molecular flexibility index (Phi) is 32.6. The summed E-state index contributed by atoms with van der Waals surface area (Å²) < 4.78 is 12.1. The largest absolute Gasteiger partial charge is 0.478 e. The number of benzene rings is 3. The molecule has 0 heterocycles. The normalized spacial score (nSPS) is 9.84. The average molecular weight is 1990 g/mol. The van der Waals surface area contributed by atoms with Crippen LogP contribution in [-0.2, 0) is 23.6 Å². The predicted octanol–water partition coefficient (Wildman–Crippen LogP) is 11.4. The fourth-order valence-corrected chi connectivity index (χ4v) is 17.6. The molecule has 0 unspecified atom stereocenters. The number of halogens is 14.